The van der Waals surface area contributed by atoms with Gasteiger partial charge in [-0.15, -0.1) is 0 Å². The number of halogens is 3. The van der Waals surface area contributed by atoms with Crippen molar-refractivity contribution in [2.45, 2.75) is 4.90 Å². The van der Waals surface area contributed by atoms with Crippen LogP contribution in [0.3, 0.4) is 0 Å². The molecule has 2 aromatic rings. The lowest BCUT2D eigenvalue weighted by molar-refractivity contribution is 0.598. The van der Waals surface area contributed by atoms with Gasteiger partial charge < -0.3 is 5.73 Å². The normalized spacial score (nSPS) is 11.3. The maximum Gasteiger partial charge on any atom is 0.262 e. The third kappa shape index (κ3) is 3.23. The molecule has 3 N–H and O–H groups in total. The Hall–Kier alpha value is -1.31. The largest absolute Gasteiger partial charge is 0.398 e. The predicted molar refractivity (Wildman–Crippen MR) is 80.8 cm³/mol. The van der Waals surface area contributed by atoms with E-state index in [4.69, 9.17) is 17.3 Å². The molecule has 0 saturated heterocycles. The smallest absolute Gasteiger partial charge is 0.262 e. The van der Waals surface area contributed by atoms with E-state index in [9.17, 15) is 12.8 Å². The van der Waals surface area contributed by atoms with Crippen LogP contribution in [0.25, 0.3) is 0 Å². The van der Waals surface area contributed by atoms with E-state index in [1.165, 1.54) is 30.3 Å². The topological polar surface area (TPSA) is 72.2 Å². The summed E-state index contributed by atoms with van der Waals surface area (Å²) in [6.07, 6.45) is 0. The number of nitrogens with two attached hydrogens (primary N) is 1. The Labute approximate surface area is 128 Å². The van der Waals surface area contributed by atoms with Gasteiger partial charge >= 0.3 is 0 Å². The van der Waals surface area contributed by atoms with E-state index < -0.39 is 15.8 Å². The van der Waals surface area contributed by atoms with Crippen LogP contribution in [0.4, 0.5) is 15.8 Å². The van der Waals surface area contributed by atoms with Gasteiger partial charge in [0.05, 0.1) is 10.6 Å². The Kier molecular flexibility index (Phi) is 4.22. The van der Waals surface area contributed by atoms with Crippen LogP contribution in [-0.2, 0) is 10.0 Å². The van der Waals surface area contributed by atoms with Crippen molar-refractivity contribution >= 4 is 48.9 Å². The summed E-state index contributed by atoms with van der Waals surface area (Å²) in [5, 5.41) is 0.225. The van der Waals surface area contributed by atoms with Crippen LogP contribution in [0.2, 0.25) is 5.02 Å². The van der Waals surface area contributed by atoms with E-state index in [0.717, 1.165) is 6.07 Å². The molecule has 0 spiro atoms. The fourth-order valence-electron chi connectivity index (χ4n) is 1.45. The predicted octanol–water partition coefficient (Wildman–Crippen LogP) is 3.62. The zero-order chi connectivity index (χ0) is 14.9. The summed E-state index contributed by atoms with van der Waals surface area (Å²) >= 11 is 8.85. The molecule has 0 atom stereocenters. The summed E-state index contributed by atoms with van der Waals surface area (Å²) in [7, 11) is -3.93. The van der Waals surface area contributed by atoms with Gasteiger partial charge in [-0.3, -0.25) is 4.72 Å². The highest BCUT2D eigenvalue weighted by Crippen LogP contribution is 2.26. The van der Waals surface area contributed by atoms with Gasteiger partial charge in [0.25, 0.3) is 10.0 Å². The lowest BCUT2D eigenvalue weighted by Crippen LogP contribution is -2.14. The third-order valence-electron chi connectivity index (χ3n) is 2.45. The second-order valence-corrected chi connectivity index (χ2v) is 6.89. The van der Waals surface area contributed by atoms with Gasteiger partial charge in [0.15, 0.2) is 0 Å². The maximum atomic E-state index is 13.5. The molecule has 20 heavy (non-hydrogen) atoms. The van der Waals surface area contributed by atoms with E-state index in [2.05, 4.69) is 20.7 Å². The second-order valence-electron chi connectivity index (χ2n) is 3.91. The molecule has 8 heteroatoms. The number of nitrogens with one attached hydrogen (secondary N) is 1. The number of hydrogen-bond donors (Lipinski definition) is 2. The fraction of sp³-hybridized carbons (Fsp3) is 0. The van der Waals surface area contributed by atoms with Crippen molar-refractivity contribution < 1.29 is 12.8 Å². The van der Waals surface area contributed by atoms with Crippen molar-refractivity contribution in [1.29, 1.82) is 0 Å². The van der Waals surface area contributed by atoms with Gasteiger partial charge in [0, 0.05) is 15.2 Å². The van der Waals surface area contributed by atoms with E-state index in [-0.39, 0.29) is 15.6 Å². The zero-order valence-corrected chi connectivity index (χ0v) is 13.1. The Balaban J connectivity index is 2.40. The standard InChI is InChI=1S/C12H9BrClFN2O2S/c13-9-6-8(2-4-11(9)16)20(18,19)17-12-5-7(14)1-3-10(12)15/h1-6,17H,16H2. The molecule has 4 nitrogen and oxygen atoms in total. The van der Waals surface area contributed by atoms with E-state index in [0.29, 0.717) is 10.2 Å². The summed E-state index contributed by atoms with van der Waals surface area (Å²) in [5.74, 6) is -0.715. The van der Waals surface area contributed by atoms with E-state index >= 15 is 0 Å². The maximum absolute atomic E-state index is 13.5. The average molecular weight is 380 g/mol. The number of anilines is 2. The van der Waals surface area contributed by atoms with Gasteiger partial charge in [0.1, 0.15) is 5.82 Å². The van der Waals surface area contributed by atoms with Gasteiger partial charge in [-0.25, -0.2) is 12.8 Å². The van der Waals surface area contributed by atoms with Crippen LogP contribution < -0.4 is 10.5 Å². The minimum absolute atomic E-state index is 0.0436. The molecule has 0 heterocycles. The van der Waals surface area contributed by atoms with Crippen LogP contribution in [-0.4, -0.2) is 8.42 Å². The molecule has 2 rings (SSSR count). The van der Waals surface area contributed by atoms with Gasteiger partial charge in [-0.2, -0.15) is 0 Å². The first-order valence-electron chi connectivity index (χ1n) is 5.32. The molecule has 0 radical (unpaired) electrons. The molecule has 106 valence electrons. The monoisotopic (exact) mass is 378 g/mol. The fourth-order valence-corrected chi connectivity index (χ4v) is 3.24. The summed E-state index contributed by atoms with van der Waals surface area (Å²) in [6.45, 7) is 0. The highest BCUT2D eigenvalue weighted by Gasteiger charge is 2.17. The highest BCUT2D eigenvalue weighted by atomic mass is 79.9. The lowest BCUT2D eigenvalue weighted by atomic mass is 10.3. The van der Waals surface area contributed by atoms with Gasteiger partial charge in [-0.1, -0.05) is 11.6 Å². The van der Waals surface area contributed by atoms with E-state index in [1.807, 2.05) is 0 Å². The lowest BCUT2D eigenvalue weighted by Gasteiger charge is -2.10. The molecule has 2 aromatic carbocycles. The molecule has 0 bridgehead atoms. The average Bonchev–Trinajstić information content (AvgIpc) is 2.36. The Morgan fingerprint density at radius 2 is 1.90 bits per heavy atom. The number of benzene rings is 2. The Morgan fingerprint density at radius 3 is 2.55 bits per heavy atom. The minimum atomic E-state index is -3.93. The molecule has 0 aromatic heterocycles. The van der Waals surface area contributed by atoms with Crippen LogP contribution in [0.15, 0.2) is 45.8 Å². The van der Waals surface area contributed by atoms with Crippen molar-refractivity contribution in [2.75, 3.05) is 10.5 Å². The molecule has 0 aliphatic carbocycles. The van der Waals surface area contributed by atoms with Crippen LogP contribution in [0.1, 0.15) is 0 Å². The summed E-state index contributed by atoms with van der Waals surface area (Å²) in [5.41, 5.74) is 5.77. The van der Waals surface area contributed by atoms with Crippen molar-refractivity contribution in [2.24, 2.45) is 0 Å². The first-order valence-corrected chi connectivity index (χ1v) is 7.98. The van der Waals surface area contributed by atoms with Gasteiger partial charge in [0.2, 0.25) is 0 Å². The van der Waals surface area contributed by atoms with E-state index in [1.54, 1.807) is 0 Å². The highest BCUT2D eigenvalue weighted by molar-refractivity contribution is 9.10. The Bertz CT molecular complexity index is 768. The van der Waals surface area contributed by atoms with Crippen molar-refractivity contribution in [3.8, 4) is 0 Å². The number of rotatable bonds is 3. The number of sulfonamides is 1. The molecule has 0 aliphatic rings. The SMILES string of the molecule is Nc1ccc(S(=O)(=O)Nc2cc(Cl)ccc2F)cc1Br. The molecule has 0 amide bonds. The summed E-state index contributed by atoms with van der Waals surface area (Å²) in [4.78, 5) is -0.0436. The van der Waals surface area contributed by atoms with Crippen LogP contribution in [0.5, 0.6) is 0 Å². The van der Waals surface area contributed by atoms with Crippen molar-refractivity contribution in [1.82, 2.24) is 0 Å². The summed E-state index contributed by atoms with van der Waals surface area (Å²) < 4.78 is 40.4. The van der Waals surface area contributed by atoms with Gasteiger partial charge in [-0.05, 0) is 52.3 Å². The number of nitrogen functional groups attached to an aromatic ring is 1. The quantitative estimate of drug-likeness (QED) is 0.800. The third-order valence-corrected chi connectivity index (χ3v) is 4.74. The molecular formula is C12H9BrClFN2O2S. The van der Waals surface area contributed by atoms with Crippen LogP contribution >= 0.6 is 27.5 Å². The molecule has 0 aliphatic heterocycles. The first kappa shape index (κ1) is 15.1. The first-order chi connectivity index (χ1) is 9.29. The van der Waals surface area contributed by atoms with Crippen LogP contribution in [0, 0.1) is 5.82 Å². The Morgan fingerprint density at radius 1 is 1.20 bits per heavy atom. The molecular weight excluding hydrogens is 371 g/mol. The second kappa shape index (κ2) is 5.59. The summed E-state index contributed by atoms with van der Waals surface area (Å²) in [6, 6.07) is 7.70. The zero-order valence-electron chi connectivity index (χ0n) is 9.90. The number of hydrogen-bond acceptors (Lipinski definition) is 3. The van der Waals surface area contributed by atoms with Crippen molar-refractivity contribution in [3.05, 3.63) is 51.7 Å². The van der Waals surface area contributed by atoms with Crippen molar-refractivity contribution in [3.63, 3.8) is 0 Å². The molecule has 0 saturated carbocycles. The molecule has 0 unspecified atom stereocenters. The minimum Gasteiger partial charge on any atom is -0.398 e. The molecule has 0 fully saturated rings.